The Morgan fingerprint density at radius 2 is 1.88 bits per heavy atom. The standard InChI is InChI=1S/C14H16N2S/c1-2-11-15-13-9-6-10-14(16-13)17-12-7-4-3-5-8-12/h3-10H,2,11H2,1H3,(H,15,16). The Morgan fingerprint density at radius 1 is 1.06 bits per heavy atom. The highest BCUT2D eigenvalue weighted by Gasteiger charge is 1.99. The molecule has 1 aromatic heterocycles. The number of pyridine rings is 1. The number of nitrogens with one attached hydrogen (secondary N) is 1. The van der Waals surface area contributed by atoms with Gasteiger partial charge in [0.2, 0.25) is 0 Å². The summed E-state index contributed by atoms with van der Waals surface area (Å²) in [6.45, 7) is 3.11. The van der Waals surface area contributed by atoms with Gasteiger partial charge in [0.25, 0.3) is 0 Å². The molecule has 0 aliphatic carbocycles. The van der Waals surface area contributed by atoms with Crippen LogP contribution in [0.1, 0.15) is 13.3 Å². The Balaban J connectivity index is 2.06. The number of hydrogen-bond acceptors (Lipinski definition) is 3. The lowest BCUT2D eigenvalue weighted by Gasteiger charge is -2.05. The third-order valence-corrected chi connectivity index (χ3v) is 3.19. The maximum atomic E-state index is 4.56. The Kier molecular flexibility index (Phi) is 4.45. The smallest absolute Gasteiger partial charge is 0.127 e. The van der Waals surface area contributed by atoms with E-state index in [4.69, 9.17) is 0 Å². The average molecular weight is 244 g/mol. The molecule has 0 fully saturated rings. The monoisotopic (exact) mass is 244 g/mol. The molecule has 0 unspecified atom stereocenters. The zero-order valence-electron chi connectivity index (χ0n) is 9.89. The molecule has 0 aliphatic heterocycles. The molecule has 0 atom stereocenters. The SMILES string of the molecule is CCCNc1cccc(Sc2ccccc2)n1. The van der Waals surface area contributed by atoms with E-state index in [9.17, 15) is 0 Å². The van der Waals surface area contributed by atoms with Crippen molar-refractivity contribution in [2.45, 2.75) is 23.3 Å². The summed E-state index contributed by atoms with van der Waals surface area (Å²) in [5.41, 5.74) is 0. The fraction of sp³-hybridized carbons (Fsp3) is 0.214. The average Bonchev–Trinajstić information content (AvgIpc) is 2.38. The molecule has 17 heavy (non-hydrogen) atoms. The van der Waals surface area contributed by atoms with Crippen molar-refractivity contribution in [1.29, 1.82) is 0 Å². The summed E-state index contributed by atoms with van der Waals surface area (Å²) in [7, 11) is 0. The van der Waals surface area contributed by atoms with Crippen LogP contribution in [0.5, 0.6) is 0 Å². The summed E-state index contributed by atoms with van der Waals surface area (Å²) < 4.78 is 0. The molecule has 0 radical (unpaired) electrons. The molecule has 2 aromatic rings. The number of nitrogens with zero attached hydrogens (tertiary/aromatic N) is 1. The topological polar surface area (TPSA) is 24.9 Å². The lowest BCUT2D eigenvalue weighted by molar-refractivity contribution is 0.960. The molecule has 0 saturated heterocycles. The van der Waals surface area contributed by atoms with Crippen molar-refractivity contribution < 1.29 is 0 Å². The second-order valence-corrected chi connectivity index (χ2v) is 4.80. The van der Waals surface area contributed by atoms with Crippen LogP contribution in [0.2, 0.25) is 0 Å². The number of anilines is 1. The maximum absolute atomic E-state index is 4.56. The van der Waals surface area contributed by atoms with Gasteiger partial charge < -0.3 is 5.32 Å². The molecule has 2 rings (SSSR count). The lowest BCUT2D eigenvalue weighted by atomic mass is 10.4. The number of rotatable bonds is 5. The first-order valence-electron chi connectivity index (χ1n) is 5.82. The molecular weight excluding hydrogens is 228 g/mol. The van der Waals surface area contributed by atoms with Gasteiger partial charge in [-0.05, 0) is 30.7 Å². The van der Waals surface area contributed by atoms with Gasteiger partial charge in [0.15, 0.2) is 0 Å². The Hall–Kier alpha value is -1.48. The minimum absolute atomic E-state index is 0.952. The Bertz CT molecular complexity index is 457. The number of hydrogen-bond donors (Lipinski definition) is 1. The molecule has 2 nitrogen and oxygen atoms in total. The molecule has 1 heterocycles. The largest absolute Gasteiger partial charge is 0.370 e. The Labute approximate surface area is 106 Å². The summed E-state index contributed by atoms with van der Waals surface area (Å²) in [6.07, 6.45) is 1.11. The second kappa shape index (κ2) is 6.30. The molecule has 88 valence electrons. The first-order chi connectivity index (χ1) is 8.38. The number of benzene rings is 1. The van der Waals surface area contributed by atoms with Crippen molar-refractivity contribution in [2.75, 3.05) is 11.9 Å². The van der Waals surface area contributed by atoms with E-state index in [1.807, 2.05) is 36.4 Å². The molecule has 0 aliphatic rings. The third kappa shape index (κ3) is 3.79. The predicted octanol–water partition coefficient (Wildman–Crippen LogP) is 4.05. The molecule has 3 heteroatoms. The molecule has 0 bridgehead atoms. The summed E-state index contributed by atoms with van der Waals surface area (Å²) in [5.74, 6) is 0.952. The van der Waals surface area contributed by atoms with E-state index in [2.05, 4.69) is 29.4 Å². The minimum atomic E-state index is 0.952. The quantitative estimate of drug-likeness (QED) is 0.858. The fourth-order valence-electron chi connectivity index (χ4n) is 1.43. The van der Waals surface area contributed by atoms with Crippen LogP contribution in [0.15, 0.2) is 58.5 Å². The van der Waals surface area contributed by atoms with E-state index in [-0.39, 0.29) is 0 Å². The van der Waals surface area contributed by atoms with Crippen molar-refractivity contribution >= 4 is 17.6 Å². The van der Waals surface area contributed by atoms with Crippen molar-refractivity contribution in [2.24, 2.45) is 0 Å². The van der Waals surface area contributed by atoms with Crippen molar-refractivity contribution in [3.8, 4) is 0 Å². The van der Waals surface area contributed by atoms with Crippen molar-refractivity contribution in [3.05, 3.63) is 48.5 Å². The maximum Gasteiger partial charge on any atom is 0.127 e. The normalized spacial score (nSPS) is 10.2. The van der Waals surface area contributed by atoms with Gasteiger partial charge in [-0.15, -0.1) is 0 Å². The van der Waals surface area contributed by atoms with Gasteiger partial charge in [0.05, 0.1) is 0 Å². The lowest BCUT2D eigenvalue weighted by Crippen LogP contribution is -2.01. The first-order valence-corrected chi connectivity index (χ1v) is 6.64. The zero-order valence-corrected chi connectivity index (χ0v) is 10.7. The molecule has 1 aromatic carbocycles. The molecule has 1 N–H and O–H groups in total. The molecule has 0 saturated carbocycles. The van der Waals surface area contributed by atoms with Gasteiger partial charge in [0.1, 0.15) is 10.8 Å². The minimum Gasteiger partial charge on any atom is -0.370 e. The molecule has 0 amide bonds. The van der Waals surface area contributed by atoms with E-state index >= 15 is 0 Å². The van der Waals surface area contributed by atoms with Crippen LogP contribution < -0.4 is 5.32 Å². The van der Waals surface area contributed by atoms with Crippen LogP contribution in [0.4, 0.5) is 5.82 Å². The van der Waals surface area contributed by atoms with E-state index in [0.29, 0.717) is 0 Å². The van der Waals surface area contributed by atoms with Gasteiger partial charge in [-0.1, -0.05) is 43.0 Å². The van der Waals surface area contributed by atoms with Gasteiger partial charge in [-0.25, -0.2) is 4.98 Å². The van der Waals surface area contributed by atoms with Crippen LogP contribution in [-0.2, 0) is 0 Å². The van der Waals surface area contributed by atoms with Crippen molar-refractivity contribution in [1.82, 2.24) is 4.98 Å². The summed E-state index contributed by atoms with van der Waals surface area (Å²) >= 11 is 1.68. The summed E-state index contributed by atoms with van der Waals surface area (Å²) in [6, 6.07) is 16.4. The highest BCUT2D eigenvalue weighted by Crippen LogP contribution is 2.26. The van der Waals surface area contributed by atoms with Crippen LogP contribution in [0, 0.1) is 0 Å². The molecule has 0 spiro atoms. The van der Waals surface area contributed by atoms with Crippen LogP contribution in [0.3, 0.4) is 0 Å². The highest BCUT2D eigenvalue weighted by molar-refractivity contribution is 7.99. The van der Waals surface area contributed by atoms with Gasteiger partial charge >= 0.3 is 0 Å². The number of aromatic nitrogens is 1. The van der Waals surface area contributed by atoms with Crippen molar-refractivity contribution in [3.63, 3.8) is 0 Å². The highest BCUT2D eigenvalue weighted by atomic mass is 32.2. The van der Waals surface area contributed by atoms with E-state index in [0.717, 1.165) is 23.8 Å². The van der Waals surface area contributed by atoms with Crippen LogP contribution in [0.25, 0.3) is 0 Å². The predicted molar refractivity (Wildman–Crippen MR) is 73.6 cm³/mol. The Morgan fingerprint density at radius 3 is 2.65 bits per heavy atom. The van der Waals surface area contributed by atoms with Crippen LogP contribution >= 0.6 is 11.8 Å². The zero-order chi connectivity index (χ0) is 11.9. The fourth-order valence-corrected chi connectivity index (χ4v) is 2.26. The second-order valence-electron chi connectivity index (χ2n) is 3.70. The van der Waals surface area contributed by atoms with Gasteiger partial charge in [-0.2, -0.15) is 0 Å². The van der Waals surface area contributed by atoms with E-state index in [1.54, 1.807) is 11.8 Å². The third-order valence-electron chi connectivity index (χ3n) is 2.25. The first kappa shape index (κ1) is 12.0. The van der Waals surface area contributed by atoms with E-state index in [1.165, 1.54) is 4.90 Å². The van der Waals surface area contributed by atoms with Gasteiger partial charge in [-0.3, -0.25) is 0 Å². The van der Waals surface area contributed by atoms with Gasteiger partial charge in [0, 0.05) is 11.4 Å². The molecular formula is C14H16N2S. The summed E-state index contributed by atoms with van der Waals surface area (Å²) in [5, 5.41) is 4.32. The summed E-state index contributed by atoms with van der Waals surface area (Å²) in [4.78, 5) is 5.77. The van der Waals surface area contributed by atoms with E-state index < -0.39 is 0 Å². The van der Waals surface area contributed by atoms with Crippen LogP contribution in [-0.4, -0.2) is 11.5 Å².